The van der Waals surface area contributed by atoms with Gasteiger partial charge in [0.15, 0.2) is 0 Å². The second-order valence-corrected chi connectivity index (χ2v) is 7.36. The number of nitrogens with zero attached hydrogens (tertiary/aromatic N) is 4. The highest BCUT2D eigenvalue weighted by molar-refractivity contribution is 4.95. The molecular formula is C16H31N5. The molecule has 0 aliphatic carbocycles. The summed E-state index contributed by atoms with van der Waals surface area (Å²) in [6.07, 6.45) is 4.16. The van der Waals surface area contributed by atoms with Crippen molar-refractivity contribution in [2.24, 2.45) is 5.92 Å². The average molecular weight is 293 g/mol. The molecule has 5 heteroatoms. The quantitative estimate of drug-likeness (QED) is 0.874. The van der Waals surface area contributed by atoms with E-state index < -0.39 is 0 Å². The zero-order valence-electron chi connectivity index (χ0n) is 14.3. The van der Waals surface area contributed by atoms with Crippen molar-refractivity contribution in [3.05, 3.63) is 12.2 Å². The van der Waals surface area contributed by atoms with Crippen molar-refractivity contribution in [2.45, 2.75) is 72.1 Å². The first kappa shape index (κ1) is 16.4. The van der Waals surface area contributed by atoms with Crippen LogP contribution in [0.15, 0.2) is 6.33 Å². The van der Waals surface area contributed by atoms with Gasteiger partial charge in [0.1, 0.15) is 12.2 Å². The molecule has 0 spiro atoms. The van der Waals surface area contributed by atoms with E-state index in [1.54, 1.807) is 6.33 Å². The Balaban J connectivity index is 2.09. The van der Waals surface area contributed by atoms with Gasteiger partial charge in [-0.3, -0.25) is 4.90 Å². The second kappa shape index (κ2) is 6.88. The third-order valence-electron chi connectivity index (χ3n) is 4.13. The molecule has 0 amide bonds. The molecule has 120 valence electrons. The van der Waals surface area contributed by atoms with Gasteiger partial charge in [0.2, 0.25) is 0 Å². The molecule has 1 N–H and O–H groups in total. The van der Waals surface area contributed by atoms with Crippen LogP contribution in [0, 0.1) is 5.92 Å². The highest BCUT2D eigenvalue weighted by Crippen LogP contribution is 2.20. The van der Waals surface area contributed by atoms with Gasteiger partial charge in [-0.1, -0.05) is 27.2 Å². The molecule has 21 heavy (non-hydrogen) atoms. The van der Waals surface area contributed by atoms with Crippen molar-refractivity contribution < 1.29 is 0 Å². The first-order valence-corrected chi connectivity index (χ1v) is 8.27. The van der Waals surface area contributed by atoms with Crippen molar-refractivity contribution >= 4 is 0 Å². The summed E-state index contributed by atoms with van der Waals surface area (Å²) in [4.78, 5) is 7.08. The van der Waals surface area contributed by atoms with Crippen molar-refractivity contribution in [1.82, 2.24) is 25.0 Å². The van der Waals surface area contributed by atoms with E-state index in [9.17, 15) is 0 Å². The molecule has 0 aromatic carbocycles. The summed E-state index contributed by atoms with van der Waals surface area (Å²) in [7, 11) is 0. The van der Waals surface area contributed by atoms with Crippen LogP contribution in [0.25, 0.3) is 0 Å². The molecule has 0 saturated carbocycles. The minimum atomic E-state index is 0.174. The monoisotopic (exact) mass is 293 g/mol. The minimum absolute atomic E-state index is 0.174. The van der Waals surface area contributed by atoms with Crippen molar-refractivity contribution in [2.75, 3.05) is 13.1 Å². The van der Waals surface area contributed by atoms with E-state index in [1.807, 2.05) is 0 Å². The number of rotatable bonds is 6. The predicted octanol–water partition coefficient (Wildman–Crippen LogP) is 2.29. The third kappa shape index (κ3) is 4.51. The molecule has 1 aliphatic heterocycles. The fourth-order valence-electron chi connectivity index (χ4n) is 3.11. The van der Waals surface area contributed by atoms with Gasteiger partial charge in [-0.2, -0.15) is 5.10 Å². The van der Waals surface area contributed by atoms with E-state index in [0.29, 0.717) is 12.0 Å². The van der Waals surface area contributed by atoms with Crippen LogP contribution in [0.5, 0.6) is 0 Å². The Bertz CT molecular complexity index is 438. The summed E-state index contributed by atoms with van der Waals surface area (Å²) in [5, 5.41) is 8.06. The topological polar surface area (TPSA) is 46.0 Å². The van der Waals surface area contributed by atoms with Gasteiger partial charge < -0.3 is 5.32 Å². The third-order valence-corrected chi connectivity index (χ3v) is 4.13. The smallest absolute Gasteiger partial charge is 0.141 e. The summed E-state index contributed by atoms with van der Waals surface area (Å²) < 4.78 is 2.07. The minimum Gasteiger partial charge on any atom is -0.309 e. The summed E-state index contributed by atoms with van der Waals surface area (Å²) >= 11 is 0. The molecule has 1 aromatic rings. The lowest BCUT2D eigenvalue weighted by atomic mass is 9.96. The Morgan fingerprint density at radius 1 is 1.43 bits per heavy atom. The lowest BCUT2D eigenvalue weighted by molar-refractivity contribution is 0.0786. The van der Waals surface area contributed by atoms with Gasteiger partial charge in [-0.25, -0.2) is 9.67 Å². The van der Waals surface area contributed by atoms with E-state index in [0.717, 1.165) is 32.0 Å². The van der Waals surface area contributed by atoms with Crippen LogP contribution >= 0.6 is 0 Å². The van der Waals surface area contributed by atoms with Crippen LogP contribution in [-0.4, -0.2) is 44.3 Å². The lowest BCUT2D eigenvalue weighted by Crippen LogP contribution is -2.61. The van der Waals surface area contributed by atoms with Gasteiger partial charge in [-0.05, 0) is 26.2 Å². The summed E-state index contributed by atoms with van der Waals surface area (Å²) in [6.45, 7) is 15.2. The normalized spacial score (nSPS) is 22.9. The first-order chi connectivity index (χ1) is 9.91. The predicted molar refractivity (Wildman–Crippen MR) is 86.0 cm³/mol. The Hall–Kier alpha value is -0.940. The average Bonchev–Trinajstić information content (AvgIpc) is 2.79. The van der Waals surface area contributed by atoms with Crippen LogP contribution in [0.2, 0.25) is 0 Å². The van der Waals surface area contributed by atoms with E-state index in [-0.39, 0.29) is 5.54 Å². The maximum Gasteiger partial charge on any atom is 0.141 e. The van der Waals surface area contributed by atoms with Crippen molar-refractivity contribution in [3.8, 4) is 0 Å². The van der Waals surface area contributed by atoms with Crippen molar-refractivity contribution in [1.29, 1.82) is 0 Å². The summed E-state index contributed by atoms with van der Waals surface area (Å²) in [5.74, 6) is 1.69. The van der Waals surface area contributed by atoms with Crippen LogP contribution in [0.1, 0.15) is 53.3 Å². The number of nitrogens with one attached hydrogen (secondary N) is 1. The zero-order chi connectivity index (χ0) is 15.5. The second-order valence-electron chi connectivity index (χ2n) is 7.36. The maximum atomic E-state index is 4.50. The molecule has 1 aliphatic rings. The van der Waals surface area contributed by atoms with Gasteiger partial charge in [0.05, 0.1) is 6.54 Å². The van der Waals surface area contributed by atoms with Gasteiger partial charge >= 0.3 is 0 Å². The van der Waals surface area contributed by atoms with E-state index in [2.05, 4.69) is 59.6 Å². The fourth-order valence-corrected chi connectivity index (χ4v) is 3.11. The Kier molecular flexibility index (Phi) is 5.38. The first-order valence-electron chi connectivity index (χ1n) is 8.27. The number of hydrogen-bond acceptors (Lipinski definition) is 4. The Labute approximate surface area is 129 Å². The number of piperazine rings is 1. The fraction of sp³-hybridized carbons (Fsp3) is 0.875. The Morgan fingerprint density at radius 2 is 2.19 bits per heavy atom. The van der Waals surface area contributed by atoms with E-state index in [1.165, 1.54) is 12.8 Å². The molecule has 2 heterocycles. The maximum absolute atomic E-state index is 4.50. The van der Waals surface area contributed by atoms with Gasteiger partial charge in [0, 0.05) is 31.2 Å². The molecule has 0 radical (unpaired) electrons. The molecular weight excluding hydrogens is 262 g/mol. The molecule has 1 atom stereocenters. The van der Waals surface area contributed by atoms with Crippen LogP contribution < -0.4 is 5.32 Å². The van der Waals surface area contributed by atoms with E-state index >= 15 is 0 Å². The largest absolute Gasteiger partial charge is 0.309 e. The Morgan fingerprint density at radius 3 is 2.86 bits per heavy atom. The van der Waals surface area contributed by atoms with E-state index in [4.69, 9.17) is 0 Å². The number of hydrogen-bond donors (Lipinski definition) is 1. The molecule has 1 aromatic heterocycles. The summed E-state index contributed by atoms with van der Waals surface area (Å²) in [5.41, 5.74) is 0.174. The summed E-state index contributed by atoms with van der Waals surface area (Å²) in [6, 6.07) is 0.604. The SMILES string of the molecule is CCCC1CNC(C)(C)CN1Cc1ncnn1CC(C)C. The van der Waals surface area contributed by atoms with Crippen LogP contribution in [0.3, 0.4) is 0 Å². The van der Waals surface area contributed by atoms with Crippen LogP contribution in [-0.2, 0) is 13.1 Å². The molecule has 1 fully saturated rings. The molecule has 2 rings (SSSR count). The lowest BCUT2D eigenvalue weighted by Gasteiger charge is -2.44. The number of aromatic nitrogens is 3. The zero-order valence-corrected chi connectivity index (χ0v) is 14.3. The molecule has 5 nitrogen and oxygen atoms in total. The van der Waals surface area contributed by atoms with Crippen LogP contribution in [0.4, 0.5) is 0 Å². The highest BCUT2D eigenvalue weighted by atomic mass is 15.4. The molecule has 1 saturated heterocycles. The standard InChI is InChI=1S/C16H31N5/c1-6-7-14-8-18-16(4,5)11-20(14)10-15-17-12-19-21(15)9-13(2)3/h12-14,18H,6-11H2,1-5H3. The highest BCUT2D eigenvalue weighted by Gasteiger charge is 2.32. The van der Waals surface area contributed by atoms with Crippen molar-refractivity contribution in [3.63, 3.8) is 0 Å². The molecule has 1 unspecified atom stereocenters. The van der Waals surface area contributed by atoms with Gasteiger partial charge in [-0.15, -0.1) is 0 Å². The molecule has 0 bridgehead atoms. The van der Waals surface area contributed by atoms with Gasteiger partial charge in [0.25, 0.3) is 0 Å².